The van der Waals surface area contributed by atoms with Crippen molar-refractivity contribution in [2.75, 3.05) is 13.2 Å². The molecule has 0 aliphatic carbocycles. The maximum absolute atomic E-state index is 9.71. The number of rotatable bonds is 3. The van der Waals surface area contributed by atoms with E-state index in [1.165, 1.54) is 5.56 Å². The Bertz CT molecular complexity index is 380. The molecule has 0 amide bonds. The molecule has 0 atom stereocenters. The Labute approximate surface area is 102 Å². The fraction of sp³-hybridized carbons (Fsp3) is 0.571. The topological polar surface area (TPSA) is 38.7 Å². The summed E-state index contributed by atoms with van der Waals surface area (Å²) in [6, 6.07) is 6.02. The Morgan fingerprint density at radius 3 is 2.59 bits per heavy atom. The first kappa shape index (κ1) is 12.2. The molecule has 1 N–H and O–H groups in total. The molecule has 0 aromatic heterocycles. The van der Waals surface area contributed by atoms with Crippen molar-refractivity contribution in [3.05, 3.63) is 23.8 Å². The van der Waals surface area contributed by atoms with Crippen LogP contribution >= 0.6 is 0 Å². The van der Waals surface area contributed by atoms with Gasteiger partial charge in [0, 0.05) is 6.42 Å². The van der Waals surface area contributed by atoms with Gasteiger partial charge in [-0.3, -0.25) is 0 Å². The van der Waals surface area contributed by atoms with Crippen LogP contribution in [0.2, 0.25) is 0 Å². The van der Waals surface area contributed by atoms with E-state index in [-0.39, 0.29) is 0 Å². The summed E-state index contributed by atoms with van der Waals surface area (Å²) in [5.74, 6) is 1.66. The van der Waals surface area contributed by atoms with Crippen LogP contribution in [0.15, 0.2) is 18.2 Å². The monoisotopic (exact) mass is 236 g/mol. The zero-order chi connectivity index (χ0) is 12.3. The lowest BCUT2D eigenvalue weighted by Crippen LogP contribution is -2.19. The quantitative estimate of drug-likeness (QED) is 0.876. The smallest absolute Gasteiger partial charge is 0.161 e. The molecule has 1 aliphatic heterocycles. The Kier molecular flexibility index (Phi) is 3.57. The van der Waals surface area contributed by atoms with Crippen LogP contribution in [0.5, 0.6) is 11.5 Å². The van der Waals surface area contributed by atoms with Gasteiger partial charge in [-0.05, 0) is 44.4 Å². The van der Waals surface area contributed by atoms with Gasteiger partial charge in [-0.25, -0.2) is 0 Å². The first-order chi connectivity index (χ1) is 8.04. The van der Waals surface area contributed by atoms with E-state index < -0.39 is 5.60 Å². The summed E-state index contributed by atoms with van der Waals surface area (Å²) in [6.07, 6.45) is 2.51. The fourth-order valence-electron chi connectivity index (χ4n) is 1.81. The van der Waals surface area contributed by atoms with Gasteiger partial charge < -0.3 is 14.6 Å². The fourth-order valence-corrected chi connectivity index (χ4v) is 1.81. The summed E-state index contributed by atoms with van der Waals surface area (Å²) in [7, 11) is 0. The van der Waals surface area contributed by atoms with E-state index in [1.807, 2.05) is 32.0 Å². The minimum Gasteiger partial charge on any atom is -0.490 e. The van der Waals surface area contributed by atoms with Crippen LogP contribution in [0, 0.1) is 0 Å². The molecule has 0 fully saturated rings. The number of aryl methyl sites for hydroxylation is 1. The molecule has 0 radical (unpaired) electrons. The van der Waals surface area contributed by atoms with Crippen LogP contribution in [0.4, 0.5) is 0 Å². The molecule has 1 aromatic carbocycles. The highest BCUT2D eigenvalue weighted by Crippen LogP contribution is 2.31. The van der Waals surface area contributed by atoms with Crippen LogP contribution in [0.1, 0.15) is 32.3 Å². The van der Waals surface area contributed by atoms with E-state index in [2.05, 4.69) is 0 Å². The van der Waals surface area contributed by atoms with Crippen LogP contribution in [-0.4, -0.2) is 23.9 Å². The van der Waals surface area contributed by atoms with Crippen molar-refractivity contribution in [2.24, 2.45) is 0 Å². The minimum atomic E-state index is -0.621. The van der Waals surface area contributed by atoms with E-state index in [1.54, 1.807) is 0 Å². The summed E-state index contributed by atoms with van der Waals surface area (Å²) < 4.78 is 11.2. The summed E-state index contributed by atoms with van der Waals surface area (Å²) >= 11 is 0. The van der Waals surface area contributed by atoms with Gasteiger partial charge in [-0.2, -0.15) is 0 Å². The second-order valence-corrected chi connectivity index (χ2v) is 5.14. The standard InChI is InChI=1S/C14H20O3/c1-14(2,15)7-6-11-4-5-12-13(10-11)17-9-3-8-16-12/h4-5,10,15H,3,6-9H2,1-2H3. The second-order valence-electron chi connectivity index (χ2n) is 5.14. The van der Waals surface area contributed by atoms with Crippen LogP contribution in [0.25, 0.3) is 0 Å². The molecular weight excluding hydrogens is 216 g/mol. The largest absolute Gasteiger partial charge is 0.490 e. The average molecular weight is 236 g/mol. The van der Waals surface area contributed by atoms with Gasteiger partial charge in [-0.1, -0.05) is 6.07 Å². The first-order valence-corrected chi connectivity index (χ1v) is 6.15. The highest BCUT2D eigenvalue weighted by Gasteiger charge is 2.14. The third-order valence-corrected chi connectivity index (χ3v) is 2.84. The van der Waals surface area contributed by atoms with Gasteiger partial charge in [0.25, 0.3) is 0 Å². The molecule has 2 rings (SSSR count). The highest BCUT2D eigenvalue weighted by atomic mass is 16.5. The highest BCUT2D eigenvalue weighted by molar-refractivity contribution is 5.43. The summed E-state index contributed by atoms with van der Waals surface area (Å²) in [6.45, 7) is 5.09. The van der Waals surface area contributed by atoms with Crippen molar-refractivity contribution in [2.45, 2.75) is 38.7 Å². The van der Waals surface area contributed by atoms with E-state index in [4.69, 9.17) is 9.47 Å². The summed E-state index contributed by atoms with van der Waals surface area (Å²) in [5, 5.41) is 9.71. The van der Waals surface area contributed by atoms with E-state index in [9.17, 15) is 5.11 Å². The van der Waals surface area contributed by atoms with Gasteiger partial charge >= 0.3 is 0 Å². The predicted molar refractivity (Wildman–Crippen MR) is 66.7 cm³/mol. The van der Waals surface area contributed by atoms with Crippen LogP contribution in [0.3, 0.4) is 0 Å². The molecule has 0 saturated carbocycles. The molecule has 0 unspecified atom stereocenters. The van der Waals surface area contributed by atoms with Gasteiger partial charge in [0.1, 0.15) is 0 Å². The van der Waals surface area contributed by atoms with Crippen molar-refractivity contribution in [1.29, 1.82) is 0 Å². The maximum Gasteiger partial charge on any atom is 0.161 e. The molecule has 1 aliphatic rings. The number of hydrogen-bond donors (Lipinski definition) is 1. The van der Waals surface area contributed by atoms with Crippen molar-refractivity contribution in [1.82, 2.24) is 0 Å². The Balaban J connectivity index is 2.07. The average Bonchev–Trinajstić information content (AvgIpc) is 2.49. The Hall–Kier alpha value is -1.22. The molecule has 0 saturated heterocycles. The molecule has 17 heavy (non-hydrogen) atoms. The normalized spacial score (nSPS) is 15.5. The predicted octanol–water partition coefficient (Wildman–Crippen LogP) is 2.55. The summed E-state index contributed by atoms with van der Waals surface area (Å²) in [4.78, 5) is 0. The van der Waals surface area contributed by atoms with E-state index in [0.29, 0.717) is 6.61 Å². The van der Waals surface area contributed by atoms with Gasteiger partial charge in [0.15, 0.2) is 11.5 Å². The Morgan fingerprint density at radius 2 is 1.88 bits per heavy atom. The number of benzene rings is 1. The SMILES string of the molecule is CC(C)(O)CCc1ccc2c(c1)OCCCO2. The lowest BCUT2D eigenvalue weighted by molar-refractivity contribution is 0.0714. The molecule has 3 nitrogen and oxygen atoms in total. The first-order valence-electron chi connectivity index (χ1n) is 6.15. The maximum atomic E-state index is 9.71. The number of fused-ring (bicyclic) bond motifs is 1. The number of aliphatic hydroxyl groups is 1. The minimum absolute atomic E-state index is 0.621. The lowest BCUT2D eigenvalue weighted by atomic mass is 9.99. The van der Waals surface area contributed by atoms with Crippen LogP contribution < -0.4 is 9.47 Å². The molecular formula is C14H20O3. The molecule has 1 heterocycles. The van der Waals surface area contributed by atoms with Crippen molar-refractivity contribution in [3.63, 3.8) is 0 Å². The summed E-state index contributed by atoms with van der Waals surface area (Å²) in [5.41, 5.74) is 0.556. The van der Waals surface area contributed by atoms with E-state index in [0.717, 1.165) is 37.4 Å². The van der Waals surface area contributed by atoms with Crippen molar-refractivity contribution >= 4 is 0 Å². The van der Waals surface area contributed by atoms with Crippen LogP contribution in [-0.2, 0) is 6.42 Å². The molecule has 94 valence electrons. The molecule has 0 bridgehead atoms. The van der Waals surface area contributed by atoms with Gasteiger partial charge in [0.05, 0.1) is 18.8 Å². The Morgan fingerprint density at radius 1 is 1.18 bits per heavy atom. The zero-order valence-corrected chi connectivity index (χ0v) is 10.5. The van der Waals surface area contributed by atoms with Crippen molar-refractivity contribution in [3.8, 4) is 11.5 Å². The zero-order valence-electron chi connectivity index (χ0n) is 10.5. The van der Waals surface area contributed by atoms with E-state index >= 15 is 0 Å². The molecule has 3 heteroatoms. The van der Waals surface area contributed by atoms with Gasteiger partial charge in [-0.15, -0.1) is 0 Å². The lowest BCUT2D eigenvalue weighted by Gasteiger charge is -2.17. The van der Waals surface area contributed by atoms with Gasteiger partial charge in [0.2, 0.25) is 0 Å². The van der Waals surface area contributed by atoms with Crippen molar-refractivity contribution < 1.29 is 14.6 Å². The third kappa shape index (κ3) is 3.63. The number of ether oxygens (including phenoxy) is 2. The third-order valence-electron chi connectivity index (χ3n) is 2.84. The second kappa shape index (κ2) is 4.96. The molecule has 0 spiro atoms. The molecule has 1 aromatic rings. The number of hydrogen-bond acceptors (Lipinski definition) is 3.